The minimum atomic E-state index is 0.757. The molecule has 0 saturated heterocycles. The number of aryl methyl sites for hydroxylation is 1. The smallest absolute Gasteiger partial charge is 0.197 e. The van der Waals surface area contributed by atoms with Crippen LogP contribution in [0.3, 0.4) is 0 Å². The van der Waals surface area contributed by atoms with Crippen molar-refractivity contribution in [1.82, 2.24) is 4.98 Å². The number of hydrogen-bond donors (Lipinski definition) is 1. The molecule has 0 unspecified atom stereocenters. The summed E-state index contributed by atoms with van der Waals surface area (Å²) in [5.74, 6) is 0.757. The summed E-state index contributed by atoms with van der Waals surface area (Å²) in [6, 6.07) is 14.1. The second-order valence-electron chi connectivity index (χ2n) is 4.69. The Morgan fingerprint density at radius 2 is 2.00 bits per heavy atom. The maximum absolute atomic E-state index is 5.77. The molecule has 0 atom stereocenters. The third kappa shape index (κ3) is 2.70. The van der Waals surface area contributed by atoms with Crippen molar-refractivity contribution in [1.29, 1.82) is 0 Å². The topological polar surface area (TPSA) is 38.1 Å². The Morgan fingerprint density at radius 1 is 1.15 bits per heavy atom. The summed E-state index contributed by atoms with van der Waals surface area (Å²) in [6.07, 6.45) is 0.759. The van der Waals surface area contributed by atoms with Crippen LogP contribution in [0.2, 0.25) is 0 Å². The molecule has 0 aliphatic heterocycles. The van der Waals surface area contributed by atoms with Crippen molar-refractivity contribution in [3.05, 3.63) is 58.4 Å². The molecule has 0 aliphatic rings. The molecule has 0 bridgehead atoms. The molecule has 0 saturated carbocycles. The summed E-state index contributed by atoms with van der Waals surface area (Å²) in [5.41, 5.74) is 4.11. The number of anilines is 1. The monoisotopic (exact) mass is 330 g/mol. The van der Waals surface area contributed by atoms with E-state index in [1.54, 1.807) is 0 Å². The van der Waals surface area contributed by atoms with Crippen molar-refractivity contribution in [2.75, 3.05) is 11.9 Å². The predicted octanol–water partition coefficient (Wildman–Crippen LogP) is 4.55. The van der Waals surface area contributed by atoms with E-state index in [1.807, 2.05) is 30.3 Å². The maximum atomic E-state index is 5.77. The number of benzene rings is 2. The van der Waals surface area contributed by atoms with Crippen molar-refractivity contribution in [2.45, 2.75) is 13.3 Å². The normalized spacial score (nSPS) is 10.9. The van der Waals surface area contributed by atoms with E-state index in [0.29, 0.717) is 0 Å². The third-order valence-electron chi connectivity index (χ3n) is 3.21. The Morgan fingerprint density at radius 3 is 2.80 bits per heavy atom. The van der Waals surface area contributed by atoms with E-state index in [0.717, 1.165) is 40.1 Å². The van der Waals surface area contributed by atoms with Crippen LogP contribution in [0.1, 0.15) is 11.5 Å². The maximum Gasteiger partial charge on any atom is 0.197 e. The molecule has 4 heteroatoms. The lowest BCUT2D eigenvalue weighted by atomic mass is 10.2. The van der Waals surface area contributed by atoms with Crippen molar-refractivity contribution >= 4 is 32.7 Å². The van der Waals surface area contributed by atoms with Crippen molar-refractivity contribution in [2.24, 2.45) is 0 Å². The first kappa shape index (κ1) is 13.2. The number of fused-ring (bicyclic) bond motifs is 1. The van der Waals surface area contributed by atoms with Crippen LogP contribution >= 0.6 is 15.9 Å². The van der Waals surface area contributed by atoms with E-state index < -0.39 is 0 Å². The van der Waals surface area contributed by atoms with Gasteiger partial charge in [-0.15, -0.1) is 0 Å². The van der Waals surface area contributed by atoms with Crippen LogP contribution in [0.15, 0.2) is 51.4 Å². The number of rotatable bonds is 4. The zero-order chi connectivity index (χ0) is 13.9. The zero-order valence-corrected chi connectivity index (χ0v) is 12.8. The number of nitrogens with one attached hydrogen (secondary N) is 1. The van der Waals surface area contributed by atoms with E-state index >= 15 is 0 Å². The first-order chi connectivity index (χ1) is 9.74. The summed E-state index contributed by atoms with van der Waals surface area (Å²) >= 11 is 3.48. The highest BCUT2D eigenvalue weighted by Gasteiger charge is 2.08. The first-order valence-corrected chi connectivity index (χ1v) is 7.37. The lowest BCUT2D eigenvalue weighted by Crippen LogP contribution is -2.05. The largest absolute Gasteiger partial charge is 0.439 e. The van der Waals surface area contributed by atoms with Crippen LogP contribution in [-0.4, -0.2) is 11.5 Å². The molecular formula is C16H15BrN2O. The molecule has 3 aromatic rings. The lowest BCUT2D eigenvalue weighted by molar-refractivity contribution is 0.532. The molecule has 2 aromatic carbocycles. The summed E-state index contributed by atoms with van der Waals surface area (Å²) < 4.78 is 6.71. The van der Waals surface area contributed by atoms with Crippen LogP contribution in [0.4, 0.5) is 5.69 Å². The highest BCUT2D eigenvalue weighted by molar-refractivity contribution is 9.10. The van der Waals surface area contributed by atoms with Crippen molar-refractivity contribution in [3.63, 3.8) is 0 Å². The second kappa shape index (κ2) is 5.67. The standard InChI is InChI=1S/C16H15BrN2O/c1-11-5-2-3-7-13(11)18-10-9-15-19-14-8-4-6-12(17)16(14)20-15/h2-8,18H,9-10H2,1H3. The van der Waals surface area contributed by atoms with Gasteiger partial charge < -0.3 is 9.73 Å². The summed E-state index contributed by atoms with van der Waals surface area (Å²) in [7, 11) is 0. The van der Waals surface area contributed by atoms with Crippen LogP contribution in [0, 0.1) is 6.92 Å². The summed E-state index contributed by atoms with van der Waals surface area (Å²) in [5, 5.41) is 3.41. The van der Waals surface area contributed by atoms with Gasteiger partial charge in [-0.05, 0) is 46.6 Å². The third-order valence-corrected chi connectivity index (χ3v) is 3.84. The van der Waals surface area contributed by atoms with Gasteiger partial charge in [0.1, 0.15) is 5.52 Å². The fraction of sp³-hybridized carbons (Fsp3) is 0.188. The van der Waals surface area contributed by atoms with E-state index in [4.69, 9.17) is 4.42 Å². The molecule has 102 valence electrons. The zero-order valence-electron chi connectivity index (χ0n) is 11.2. The molecule has 0 amide bonds. The van der Waals surface area contributed by atoms with E-state index in [-0.39, 0.29) is 0 Å². The van der Waals surface area contributed by atoms with Gasteiger partial charge in [0.2, 0.25) is 0 Å². The number of hydrogen-bond acceptors (Lipinski definition) is 3. The minimum absolute atomic E-state index is 0.757. The Bertz CT molecular complexity index is 736. The van der Waals surface area contributed by atoms with E-state index in [2.05, 4.69) is 45.3 Å². The highest BCUT2D eigenvalue weighted by atomic mass is 79.9. The molecule has 0 fully saturated rings. The molecule has 20 heavy (non-hydrogen) atoms. The quantitative estimate of drug-likeness (QED) is 0.762. The Labute approximate surface area is 126 Å². The molecule has 3 nitrogen and oxygen atoms in total. The van der Waals surface area contributed by atoms with Crippen LogP contribution < -0.4 is 5.32 Å². The second-order valence-corrected chi connectivity index (χ2v) is 5.54. The highest BCUT2D eigenvalue weighted by Crippen LogP contribution is 2.24. The Balaban J connectivity index is 1.68. The Hall–Kier alpha value is -1.81. The van der Waals surface area contributed by atoms with E-state index in [9.17, 15) is 0 Å². The number of oxazole rings is 1. The molecule has 1 aromatic heterocycles. The molecular weight excluding hydrogens is 316 g/mol. The molecule has 0 aliphatic carbocycles. The molecule has 1 heterocycles. The van der Waals surface area contributed by atoms with Gasteiger partial charge >= 0.3 is 0 Å². The lowest BCUT2D eigenvalue weighted by Gasteiger charge is -2.07. The number of aromatic nitrogens is 1. The minimum Gasteiger partial charge on any atom is -0.439 e. The fourth-order valence-electron chi connectivity index (χ4n) is 2.14. The first-order valence-electron chi connectivity index (χ1n) is 6.57. The fourth-order valence-corrected chi connectivity index (χ4v) is 2.58. The Kier molecular flexibility index (Phi) is 3.74. The van der Waals surface area contributed by atoms with Gasteiger partial charge in [-0.2, -0.15) is 0 Å². The number of halogens is 1. The average Bonchev–Trinajstić information content (AvgIpc) is 2.85. The SMILES string of the molecule is Cc1ccccc1NCCc1nc2cccc(Br)c2o1. The van der Waals surface area contributed by atoms with Crippen LogP contribution in [-0.2, 0) is 6.42 Å². The van der Waals surface area contributed by atoms with Crippen molar-refractivity contribution in [3.8, 4) is 0 Å². The average molecular weight is 331 g/mol. The molecule has 3 rings (SSSR count). The van der Waals surface area contributed by atoms with Crippen LogP contribution in [0.5, 0.6) is 0 Å². The van der Waals surface area contributed by atoms with Gasteiger partial charge in [0, 0.05) is 18.7 Å². The molecule has 0 spiro atoms. The van der Waals surface area contributed by atoms with Gasteiger partial charge in [-0.1, -0.05) is 24.3 Å². The van der Waals surface area contributed by atoms with E-state index in [1.165, 1.54) is 5.56 Å². The molecule has 1 N–H and O–H groups in total. The van der Waals surface area contributed by atoms with Crippen LogP contribution in [0.25, 0.3) is 11.1 Å². The van der Waals surface area contributed by atoms with Gasteiger partial charge in [0.25, 0.3) is 0 Å². The van der Waals surface area contributed by atoms with Gasteiger partial charge in [-0.3, -0.25) is 0 Å². The van der Waals surface area contributed by atoms with Crippen molar-refractivity contribution < 1.29 is 4.42 Å². The predicted molar refractivity (Wildman–Crippen MR) is 85.1 cm³/mol. The molecule has 0 radical (unpaired) electrons. The van der Waals surface area contributed by atoms with Gasteiger partial charge in [0.05, 0.1) is 4.47 Å². The van der Waals surface area contributed by atoms with Gasteiger partial charge in [-0.25, -0.2) is 4.98 Å². The summed E-state index contributed by atoms with van der Waals surface area (Å²) in [6.45, 7) is 2.90. The number of nitrogens with zero attached hydrogens (tertiary/aromatic N) is 1. The van der Waals surface area contributed by atoms with Gasteiger partial charge in [0.15, 0.2) is 11.5 Å². The number of para-hydroxylation sites is 2. The summed E-state index contributed by atoms with van der Waals surface area (Å²) in [4.78, 5) is 4.49.